The van der Waals surface area contributed by atoms with E-state index in [0.717, 1.165) is 61.6 Å². The van der Waals surface area contributed by atoms with Crippen molar-refractivity contribution in [1.82, 2.24) is 10.2 Å². The van der Waals surface area contributed by atoms with Crippen molar-refractivity contribution < 1.29 is 9.53 Å². The second-order valence-corrected chi connectivity index (χ2v) is 7.43. The van der Waals surface area contributed by atoms with Gasteiger partial charge in [0, 0.05) is 38.3 Å². The van der Waals surface area contributed by atoms with Crippen LogP contribution in [0.2, 0.25) is 0 Å². The first-order valence-corrected chi connectivity index (χ1v) is 10.0. The van der Waals surface area contributed by atoms with Crippen LogP contribution in [-0.2, 0) is 0 Å². The maximum absolute atomic E-state index is 12.4. The van der Waals surface area contributed by atoms with E-state index in [1.807, 2.05) is 44.2 Å². The zero-order valence-electron chi connectivity index (χ0n) is 17.2. The van der Waals surface area contributed by atoms with Crippen molar-refractivity contribution in [3.05, 3.63) is 59.2 Å². The second-order valence-electron chi connectivity index (χ2n) is 7.43. The van der Waals surface area contributed by atoms with Crippen molar-refractivity contribution in [3.8, 4) is 5.75 Å². The Morgan fingerprint density at radius 3 is 2.57 bits per heavy atom. The minimum absolute atomic E-state index is 0.0298. The van der Waals surface area contributed by atoms with Crippen LogP contribution < -0.4 is 15.0 Å². The Morgan fingerprint density at radius 1 is 1.07 bits per heavy atom. The molecule has 0 aromatic heterocycles. The monoisotopic (exact) mass is 381 g/mol. The normalized spacial score (nSPS) is 14.8. The minimum atomic E-state index is 0.0298. The van der Waals surface area contributed by atoms with Crippen LogP contribution in [0.5, 0.6) is 5.75 Å². The first-order valence-electron chi connectivity index (χ1n) is 10.0. The molecule has 0 atom stereocenters. The van der Waals surface area contributed by atoms with E-state index in [-0.39, 0.29) is 5.91 Å². The van der Waals surface area contributed by atoms with Gasteiger partial charge in [-0.25, -0.2) is 0 Å². The Hall–Kier alpha value is -2.53. The molecule has 1 fully saturated rings. The summed E-state index contributed by atoms with van der Waals surface area (Å²) in [6.07, 6.45) is 0.964. The second kappa shape index (κ2) is 9.60. The van der Waals surface area contributed by atoms with Crippen molar-refractivity contribution >= 4 is 11.6 Å². The smallest absolute Gasteiger partial charge is 0.251 e. The van der Waals surface area contributed by atoms with E-state index in [1.165, 1.54) is 5.69 Å². The number of hydrogen-bond donors (Lipinski definition) is 1. The Kier molecular flexibility index (Phi) is 6.93. The quantitative estimate of drug-likeness (QED) is 0.748. The SMILES string of the molecule is COc1ccccc1N1CCN(CCCNC(=O)c2cc(C)ccc2C)CC1. The molecule has 1 N–H and O–H groups in total. The predicted octanol–water partition coefficient (Wildman–Crippen LogP) is 3.25. The molecule has 0 bridgehead atoms. The molecule has 150 valence electrons. The molecule has 28 heavy (non-hydrogen) atoms. The molecule has 1 aliphatic heterocycles. The number of nitrogens with one attached hydrogen (secondary N) is 1. The fraction of sp³-hybridized carbons (Fsp3) is 0.435. The zero-order valence-corrected chi connectivity index (χ0v) is 17.2. The lowest BCUT2D eigenvalue weighted by Crippen LogP contribution is -2.47. The molecule has 1 heterocycles. The molecule has 5 heteroatoms. The van der Waals surface area contributed by atoms with Gasteiger partial charge in [0.15, 0.2) is 0 Å². The van der Waals surface area contributed by atoms with Crippen molar-refractivity contribution in [2.24, 2.45) is 0 Å². The lowest BCUT2D eigenvalue weighted by molar-refractivity contribution is 0.0950. The number of methoxy groups -OCH3 is 1. The highest BCUT2D eigenvalue weighted by molar-refractivity contribution is 5.95. The van der Waals surface area contributed by atoms with Crippen LogP contribution in [-0.4, -0.2) is 57.2 Å². The molecular formula is C23H31N3O2. The van der Waals surface area contributed by atoms with Crippen molar-refractivity contribution in [1.29, 1.82) is 0 Å². The summed E-state index contributed by atoms with van der Waals surface area (Å²) in [7, 11) is 1.72. The Morgan fingerprint density at radius 2 is 1.82 bits per heavy atom. The van der Waals surface area contributed by atoms with Gasteiger partial charge in [-0.1, -0.05) is 29.8 Å². The van der Waals surface area contributed by atoms with E-state index in [9.17, 15) is 4.79 Å². The Labute approximate surface area is 168 Å². The molecule has 1 aliphatic rings. The number of benzene rings is 2. The molecule has 3 rings (SSSR count). The van der Waals surface area contributed by atoms with Gasteiger partial charge in [-0.05, 0) is 50.6 Å². The number of carbonyl (C=O) groups is 1. The number of para-hydroxylation sites is 2. The Balaban J connectivity index is 1.40. The summed E-state index contributed by atoms with van der Waals surface area (Å²) < 4.78 is 5.48. The summed E-state index contributed by atoms with van der Waals surface area (Å²) in [5.41, 5.74) is 4.09. The van der Waals surface area contributed by atoms with Crippen LogP contribution in [0.15, 0.2) is 42.5 Å². The van der Waals surface area contributed by atoms with Crippen LogP contribution >= 0.6 is 0 Å². The van der Waals surface area contributed by atoms with Crippen LogP contribution in [0.3, 0.4) is 0 Å². The standard InChI is InChI=1S/C23H31N3O2/c1-18-9-10-19(2)20(17-18)23(27)24-11-6-12-25-13-15-26(16-14-25)21-7-4-5-8-22(21)28-3/h4-5,7-10,17H,6,11-16H2,1-3H3,(H,24,27). The van der Waals surface area contributed by atoms with Crippen molar-refractivity contribution in [2.45, 2.75) is 20.3 Å². The number of aryl methyl sites for hydroxylation is 2. The van der Waals surface area contributed by atoms with Gasteiger partial charge in [0.1, 0.15) is 5.75 Å². The van der Waals surface area contributed by atoms with Crippen LogP contribution in [0.4, 0.5) is 5.69 Å². The third kappa shape index (κ3) is 5.04. The highest BCUT2D eigenvalue weighted by atomic mass is 16.5. The number of anilines is 1. The Bertz CT molecular complexity index is 798. The van der Waals surface area contributed by atoms with Crippen LogP contribution in [0.1, 0.15) is 27.9 Å². The predicted molar refractivity (Wildman–Crippen MR) is 115 cm³/mol. The van der Waals surface area contributed by atoms with Crippen molar-refractivity contribution in [2.75, 3.05) is 51.3 Å². The van der Waals surface area contributed by atoms with Gasteiger partial charge < -0.3 is 15.0 Å². The maximum Gasteiger partial charge on any atom is 0.251 e. The van der Waals surface area contributed by atoms with E-state index >= 15 is 0 Å². The number of nitrogens with zero attached hydrogens (tertiary/aromatic N) is 2. The molecule has 0 aliphatic carbocycles. The van der Waals surface area contributed by atoms with Crippen LogP contribution in [0.25, 0.3) is 0 Å². The van der Waals surface area contributed by atoms with Gasteiger partial charge in [-0.2, -0.15) is 0 Å². The number of piperazine rings is 1. The van der Waals surface area contributed by atoms with Crippen molar-refractivity contribution in [3.63, 3.8) is 0 Å². The highest BCUT2D eigenvalue weighted by Gasteiger charge is 2.19. The average molecular weight is 382 g/mol. The van der Waals surface area contributed by atoms with Gasteiger partial charge in [-0.3, -0.25) is 9.69 Å². The van der Waals surface area contributed by atoms with E-state index in [1.54, 1.807) is 7.11 Å². The lowest BCUT2D eigenvalue weighted by atomic mass is 10.1. The molecule has 1 saturated heterocycles. The summed E-state index contributed by atoms with van der Waals surface area (Å²) >= 11 is 0. The number of ether oxygens (including phenoxy) is 1. The molecule has 2 aromatic rings. The van der Waals surface area contributed by atoms with Gasteiger partial charge in [0.2, 0.25) is 0 Å². The summed E-state index contributed by atoms with van der Waals surface area (Å²) in [6, 6.07) is 14.2. The third-order valence-corrected chi connectivity index (χ3v) is 5.37. The fourth-order valence-corrected chi connectivity index (χ4v) is 3.68. The highest BCUT2D eigenvalue weighted by Crippen LogP contribution is 2.28. The van der Waals surface area contributed by atoms with Gasteiger partial charge in [-0.15, -0.1) is 0 Å². The molecular weight excluding hydrogens is 350 g/mol. The van der Waals surface area contributed by atoms with Gasteiger partial charge in [0.05, 0.1) is 12.8 Å². The zero-order chi connectivity index (χ0) is 19.9. The maximum atomic E-state index is 12.4. The third-order valence-electron chi connectivity index (χ3n) is 5.37. The van der Waals surface area contributed by atoms with Crippen LogP contribution in [0, 0.1) is 13.8 Å². The van der Waals surface area contributed by atoms with E-state index in [0.29, 0.717) is 6.54 Å². The molecule has 0 saturated carbocycles. The topological polar surface area (TPSA) is 44.8 Å². The molecule has 0 radical (unpaired) electrons. The van der Waals surface area contributed by atoms with E-state index < -0.39 is 0 Å². The summed E-state index contributed by atoms with van der Waals surface area (Å²) in [6.45, 7) is 9.76. The van der Waals surface area contributed by atoms with Gasteiger partial charge in [0.25, 0.3) is 5.91 Å². The molecule has 2 aromatic carbocycles. The summed E-state index contributed by atoms with van der Waals surface area (Å²) in [5, 5.41) is 3.06. The largest absolute Gasteiger partial charge is 0.495 e. The molecule has 0 spiro atoms. The molecule has 0 unspecified atom stereocenters. The van der Waals surface area contributed by atoms with E-state index in [2.05, 4.69) is 27.2 Å². The fourth-order valence-electron chi connectivity index (χ4n) is 3.68. The molecule has 1 amide bonds. The molecule has 5 nitrogen and oxygen atoms in total. The number of rotatable bonds is 7. The number of hydrogen-bond acceptors (Lipinski definition) is 4. The summed E-state index contributed by atoms with van der Waals surface area (Å²) in [5.74, 6) is 0.965. The lowest BCUT2D eigenvalue weighted by Gasteiger charge is -2.36. The first kappa shape index (κ1) is 20.2. The first-order chi connectivity index (χ1) is 13.6. The van der Waals surface area contributed by atoms with Gasteiger partial charge >= 0.3 is 0 Å². The average Bonchev–Trinajstić information content (AvgIpc) is 2.73. The van der Waals surface area contributed by atoms with E-state index in [4.69, 9.17) is 4.74 Å². The summed E-state index contributed by atoms with van der Waals surface area (Å²) in [4.78, 5) is 17.2. The number of amides is 1. The minimum Gasteiger partial charge on any atom is -0.495 e. The number of carbonyl (C=O) groups excluding carboxylic acids is 1.